The second-order valence-corrected chi connectivity index (χ2v) is 6.15. The summed E-state index contributed by atoms with van der Waals surface area (Å²) in [5, 5.41) is 13.8. The maximum atomic E-state index is 12.3. The zero-order valence-corrected chi connectivity index (χ0v) is 13.4. The topological polar surface area (TPSA) is 108 Å². The van der Waals surface area contributed by atoms with Crippen molar-refractivity contribution in [2.24, 2.45) is 11.3 Å². The minimum Gasteiger partial charge on any atom is -0.357 e. The summed E-state index contributed by atoms with van der Waals surface area (Å²) in [5.74, 6) is -1.82. The minimum absolute atomic E-state index is 0.110. The standard InChI is InChI=1S/C14H27N3O4/c1-6-7-9(8-10(18)17-21)12(19)16-11(13(20)15-5)14(2,3)4/h9,11,21H,6-8H2,1-5H3,(H,15,20)(H,16,19)(H,17,18)/t9-,11+/m0/s1. The van der Waals surface area contributed by atoms with Gasteiger partial charge in [0.25, 0.3) is 0 Å². The number of likely N-dealkylation sites (N-methyl/N-ethyl adjacent to an activating group) is 1. The first-order chi connectivity index (χ1) is 9.67. The summed E-state index contributed by atoms with van der Waals surface area (Å²) in [6.07, 6.45) is 1.11. The van der Waals surface area contributed by atoms with E-state index in [0.29, 0.717) is 6.42 Å². The Balaban J connectivity index is 4.99. The molecular weight excluding hydrogens is 274 g/mol. The van der Waals surface area contributed by atoms with Crippen LogP contribution in [0.3, 0.4) is 0 Å². The van der Waals surface area contributed by atoms with Crippen LogP contribution < -0.4 is 16.1 Å². The maximum Gasteiger partial charge on any atom is 0.244 e. The summed E-state index contributed by atoms with van der Waals surface area (Å²) in [7, 11) is 1.51. The van der Waals surface area contributed by atoms with Crippen LogP contribution in [-0.2, 0) is 14.4 Å². The average molecular weight is 301 g/mol. The van der Waals surface area contributed by atoms with Crippen molar-refractivity contribution in [3.05, 3.63) is 0 Å². The van der Waals surface area contributed by atoms with Gasteiger partial charge in [-0.25, -0.2) is 5.48 Å². The molecule has 0 aliphatic carbocycles. The van der Waals surface area contributed by atoms with Crippen LogP contribution in [0.1, 0.15) is 47.0 Å². The first-order valence-electron chi connectivity index (χ1n) is 7.12. The molecule has 0 unspecified atom stereocenters. The lowest BCUT2D eigenvalue weighted by molar-refractivity contribution is -0.137. The first-order valence-corrected chi connectivity index (χ1v) is 7.12. The van der Waals surface area contributed by atoms with E-state index in [1.54, 1.807) is 0 Å². The van der Waals surface area contributed by atoms with Crippen LogP contribution >= 0.6 is 0 Å². The van der Waals surface area contributed by atoms with Gasteiger partial charge in [-0.1, -0.05) is 34.1 Å². The monoisotopic (exact) mass is 301 g/mol. The predicted octanol–water partition coefficient (Wildman–Crippen LogP) is 0.575. The SMILES string of the molecule is CCC[C@@H](CC(=O)NO)C(=O)N[C@H](C(=O)NC)C(C)(C)C. The summed E-state index contributed by atoms with van der Waals surface area (Å²) in [4.78, 5) is 35.5. The second-order valence-electron chi connectivity index (χ2n) is 6.15. The number of hydroxylamine groups is 1. The number of hydrogen-bond donors (Lipinski definition) is 4. The molecule has 0 bridgehead atoms. The van der Waals surface area contributed by atoms with Gasteiger partial charge in [-0.2, -0.15) is 0 Å². The van der Waals surface area contributed by atoms with Crippen molar-refractivity contribution >= 4 is 17.7 Å². The Hall–Kier alpha value is -1.63. The Kier molecular flexibility index (Phi) is 7.94. The summed E-state index contributed by atoms with van der Waals surface area (Å²) in [6, 6.07) is -0.688. The molecule has 21 heavy (non-hydrogen) atoms. The van der Waals surface area contributed by atoms with Crippen molar-refractivity contribution in [2.45, 2.75) is 53.0 Å². The summed E-state index contributed by atoms with van der Waals surface area (Å²) >= 11 is 0. The number of hydrogen-bond acceptors (Lipinski definition) is 4. The van der Waals surface area contributed by atoms with E-state index in [0.717, 1.165) is 6.42 Å². The third-order valence-electron chi connectivity index (χ3n) is 3.23. The molecule has 0 aliphatic heterocycles. The quantitative estimate of drug-likeness (QED) is 0.407. The number of nitrogens with one attached hydrogen (secondary N) is 3. The van der Waals surface area contributed by atoms with Gasteiger partial charge in [-0.05, 0) is 11.8 Å². The summed E-state index contributed by atoms with van der Waals surface area (Å²) < 4.78 is 0. The lowest BCUT2D eigenvalue weighted by atomic mass is 9.85. The van der Waals surface area contributed by atoms with E-state index in [9.17, 15) is 14.4 Å². The third kappa shape index (κ3) is 6.57. The smallest absolute Gasteiger partial charge is 0.244 e. The zero-order valence-electron chi connectivity index (χ0n) is 13.4. The molecule has 7 heteroatoms. The Bertz CT molecular complexity index is 377. The molecule has 2 atom stereocenters. The molecule has 0 radical (unpaired) electrons. The predicted molar refractivity (Wildman–Crippen MR) is 78.4 cm³/mol. The fourth-order valence-electron chi connectivity index (χ4n) is 2.02. The first kappa shape index (κ1) is 19.4. The van der Waals surface area contributed by atoms with E-state index in [1.165, 1.54) is 12.5 Å². The van der Waals surface area contributed by atoms with Crippen LogP contribution in [0.5, 0.6) is 0 Å². The fourth-order valence-corrected chi connectivity index (χ4v) is 2.02. The molecule has 7 nitrogen and oxygen atoms in total. The van der Waals surface area contributed by atoms with Gasteiger partial charge in [0.2, 0.25) is 17.7 Å². The molecule has 0 heterocycles. The Morgan fingerprint density at radius 3 is 2.10 bits per heavy atom. The second kappa shape index (κ2) is 8.61. The molecule has 0 aromatic heterocycles. The highest BCUT2D eigenvalue weighted by atomic mass is 16.5. The van der Waals surface area contributed by atoms with Gasteiger partial charge in [0, 0.05) is 19.4 Å². The molecule has 3 amide bonds. The van der Waals surface area contributed by atoms with Crippen molar-refractivity contribution in [2.75, 3.05) is 7.05 Å². The Morgan fingerprint density at radius 1 is 1.14 bits per heavy atom. The molecule has 0 aromatic carbocycles. The number of carbonyl (C=O) groups excluding carboxylic acids is 3. The molecule has 0 rings (SSSR count). The van der Waals surface area contributed by atoms with E-state index in [-0.39, 0.29) is 18.2 Å². The van der Waals surface area contributed by atoms with E-state index >= 15 is 0 Å². The molecule has 0 aliphatic rings. The van der Waals surface area contributed by atoms with Gasteiger partial charge in [-0.3, -0.25) is 19.6 Å². The lowest BCUT2D eigenvalue weighted by Crippen LogP contribution is -2.54. The van der Waals surface area contributed by atoms with Gasteiger partial charge < -0.3 is 10.6 Å². The van der Waals surface area contributed by atoms with Crippen molar-refractivity contribution < 1.29 is 19.6 Å². The number of rotatable bonds is 7. The van der Waals surface area contributed by atoms with Crippen LogP contribution in [-0.4, -0.2) is 36.0 Å². The van der Waals surface area contributed by atoms with Crippen molar-refractivity contribution in [1.29, 1.82) is 0 Å². The fraction of sp³-hybridized carbons (Fsp3) is 0.786. The Morgan fingerprint density at radius 2 is 1.71 bits per heavy atom. The Labute approximate surface area is 125 Å². The molecule has 0 saturated carbocycles. The van der Waals surface area contributed by atoms with Gasteiger partial charge in [0.15, 0.2) is 0 Å². The summed E-state index contributed by atoms with van der Waals surface area (Å²) in [5.41, 5.74) is 1.08. The highest BCUT2D eigenvalue weighted by molar-refractivity contribution is 5.90. The van der Waals surface area contributed by atoms with Crippen LogP contribution in [0.25, 0.3) is 0 Å². The normalized spacial score (nSPS) is 14.0. The van der Waals surface area contributed by atoms with Gasteiger partial charge in [0.05, 0.1) is 0 Å². The average Bonchev–Trinajstić information content (AvgIpc) is 2.41. The van der Waals surface area contributed by atoms with Crippen LogP contribution in [0, 0.1) is 11.3 Å². The molecular formula is C14H27N3O4. The third-order valence-corrected chi connectivity index (χ3v) is 3.23. The highest BCUT2D eigenvalue weighted by Crippen LogP contribution is 2.21. The van der Waals surface area contributed by atoms with Crippen LogP contribution in [0.2, 0.25) is 0 Å². The van der Waals surface area contributed by atoms with Crippen molar-refractivity contribution in [3.63, 3.8) is 0 Å². The minimum atomic E-state index is -0.688. The molecule has 0 saturated heterocycles. The van der Waals surface area contributed by atoms with Gasteiger partial charge in [0.1, 0.15) is 6.04 Å². The lowest BCUT2D eigenvalue weighted by Gasteiger charge is -2.31. The van der Waals surface area contributed by atoms with Gasteiger partial charge >= 0.3 is 0 Å². The van der Waals surface area contributed by atoms with E-state index < -0.39 is 23.3 Å². The highest BCUT2D eigenvalue weighted by Gasteiger charge is 2.34. The van der Waals surface area contributed by atoms with Crippen molar-refractivity contribution in [1.82, 2.24) is 16.1 Å². The molecule has 0 aromatic rings. The van der Waals surface area contributed by atoms with Crippen LogP contribution in [0.4, 0.5) is 0 Å². The molecule has 0 spiro atoms. The molecule has 4 N–H and O–H groups in total. The zero-order chi connectivity index (χ0) is 16.6. The van der Waals surface area contributed by atoms with Crippen LogP contribution in [0.15, 0.2) is 0 Å². The van der Waals surface area contributed by atoms with E-state index in [4.69, 9.17) is 5.21 Å². The van der Waals surface area contributed by atoms with Gasteiger partial charge in [-0.15, -0.1) is 0 Å². The molecule has 122 valence electrons. The maximum absolute atomic E-state index is 12.3. The number of amides is 3. The molecule has 0 fully saturated rings. The largest absolute Gasteiger partial charge is 0.357 e. The number of carbonyl (C=O) groups is 3. The van der Waals surface area contributed by atoms with E-state index in [2.05, 4.69) is 10.6 Å². The summed E-state index contributed by atoms with van der Waals surface area (Å²) in [6.45, 7) is 7.45. The van der Waals surface area contributed by atoms with Crippen molar-refractivity contribution in [3.8, 4) is 0 Å². The van der Waals surface area contributed by atoms with E-state index in [1.807, 2.05) is 27.7 Å².